The standard InChI is InChI=1S/C14H24N2O3/c1-14(2,3)19-10-12(17)15-6-8-16(9-7-15)13(18)11-4-5-11/h11H,4-10H2,1-3H3. The normalized spacial score (nSPS) is 20.6. The summed E-state index contributed by atoms with van der Waals surface area (Å²) in [5, 5.41) is 0. The van der Waals surface area contributed by atoms with E-state index in [0.29, 0.717) is 26.2 Å². The van der Waals surface area contributed by atoms with E-state index < -0.39 is 0 Å². The maximum Gasteiger partial charge on any atom is 0.248 e. The summed E-state index contributed by atoms with van der Waals surface area (Å²) in [5.41, 5.74) is -0.292. The Morgan fingerprint density at radius 3 is 2.05 bits per heavy atom. The first-order chi connectivity index (χ1) is 8.87. The number of piperazine rings is 1. The lowest BCUT2D eigenvalue weighted by atomic mass is 10.2. The molecule has 0 aromatic heterocycles. The van der Waals surface area contributed by atoms with E-state index in [-0.39, 0.29) is 29.9 Å². The number of hydrogen-bond acceptors (Lipinski definition) is 3. The molecule has 108 valence electrons. The highest BCUT2D eigenvalue weighted by molar-refractivity contribution is 5.82. The smallest absolute Gasteiger partial charge is 0.248 e. The lowest BCUT2D eigenvalue weighted by Crippen LogP contribution is -2.52. The molecule has 1 aliphatic carbocycles. The van der Waals surface area contributed by atoms with Crippen molar-refractivity contribution in [2.24, 2.45) is 5.92 Å². The third kappa shape index (κ3) is 4.20. The van der Waals surface area contributed by atoms with E-state index in [1.165, 1.54) is 0 Å². The van der Waals surface area contributed by atoms with Crippen LogP contribution in [0.4, 0.5) is 0 Å². The zero-order chi connectivity index (χ0) is 14.0. The highest BCUT2D eigenvalue weighted by Gasteiger charge is 2.35. The van der Waals surface area contributed by atoms with E-state index in [4.69, 9.17) is 4.74 Å². The Morgan fingerprint density at radius 1 is 1.05 bits per heavy atom. The third-order valence-corrected chi connectivity index (χ3v) is 3.50. The Bertz CT molecular complexity index is 350. The summed E-state index contributed by atoms with van der Waals surface area (Å²) < 4.78 is 5.50. The van der Waals surface area contributed by atoms with E-state index in [2.05, 4.69) is 0 Å². The number of rotatable bonds is 3. The third-order valence-electron chi connectivity index (χ3n) is 3.50. The van der Waals surface area contributed by atoms with Gasteiger partial charge >= 0.3 is 0 Å². The monoisotopic (exact) mass is 268 g/mol. The highest BCUT2D eigenvalue weighted by Crippen LogP contribution is 2.31. The SMILES string of the molecule is CC(C)(C)OCC(=O)N1CCN(C(=O)C2CC2)CC1. The molecule has 2 rings (SSSR count). The van der Waals surface area contributed by atoms with Gasteiger partial charge in [0, 0.05) is 32.1 Å². The first kappa shape index (κ1) is 14.3. The summed E-state index contributed by atoms with van der Waals surface area (Å²) in [5.74, 6) is 0.568. The quantitative estimate of drug-likeness (QED) is 0.763. The molecule has 0 radical (unpaired) electrons. The van der Waals surface area contributed by atoms with Crippen LogP contribution in [0.1, 0.15) is 33.6 Å². The number of carbonyl (C=O) groups excluding carboxylic acids is 2. The van der Waals surface area contributed by atoms with Crippen molar-refractivity contribution in [2.75, 3.05) is 32.8 Å². The van der Waals surface area contributed by atoms with Crippen LogP contribution in [0.15, 0.2) is 0 Å². The van der Waals surface area contributed by atoms with Crippen LogP contribution < -0.4 is 0 Å². The van der Waals surface area contributed by atoms with Gasteiger partial charge in [-0.15, -0.1) is 0 Å². The fourth-order valence-electron chi connectivity index (χ4n) is 2.13. The van der Waals surface area contributed by atoms with Crippen LogP contribution in [-0.2, 0) is 14.3 Å². The molecule has 0 aromatic rings. The van der Waals surface area contributed by atoms with Gasteiger partial charge < -0.3 is 14.5 Å². The maximum absolute atomic E-state index is 12.0. The van der Waals surface area contributed by atoms with Crippen LogP contribution >= 0.6 is 0 Å². The van der Waals surface area contributed by atoms with Crippen molar-refractivity contribution in [2.45, 2.75) is 39.2 Å². The van der Waals surface area contributed by atoms with Crippen molar-refractivity contribution in [3.8, 4) is 0 Å². The van der Waals surface area contributed by atoms with Gasteiger partial charge in [-0.2, -0.15) is 0 Å². The van der Waals surface area contributed by atoms with Gasteiger partial charge in [0.1, 0.15) is 6.61 Å². The molecule has 1 heterocycles. The zero-order valence-electron chi connectivity index (χ0n) is 12.1. The minimum Gasteiger partial charge on any atom is -0.366 e. The first-order valence-corrected chi connectivity index (χ1v) is 7.07. The molecule has 0 atom stereocenters. The fourth-order valence-corrected chi connectivity index (χ4v) is 2.13. The van der Waals surface area contributed by atoms with Gasteiger partial charge in [0.05, 0.1) is 5.60 Å². The molecular formula is C14H24N2O3. The van der Waals surface area contributed by atoms with Crippen LogP contribution in [0.25, 0.3) is 0 Å². The maximum atomic E-state index is 12.0. The van der Waals surface area contributed by atoms with Gasteiger partial charge in [-0.05, 0) is 33.6 Å². The van der Waals surface area contributed by atoms with Gasteiger partial charge in [0.15, 0.2) is 0 Å². The van der Waals surface area contributed by atoms with Crippen molar-refractivity contribution >= 4 is 11.8 Å². The zero-order valence-corrected chi connectivity index (χ0v) is 12.1. The number of carbonyl (C=O) groups is 2. The molecule has 5 heteroatoms. The number of ether oxygens (including phenoxy) is 1. The fraction of sp³-hybridized carbons (Fsp3) is 0.857. The lowest BCUT2D eigenvalue weighted by molar-refractivity contribution is -0.146. The minimum atomic E-state index is -0.292. The summed E-state index contributed by atoms with van der Waals surface area (Å²) in [6, 6.07) is 0. The van der Waals surface area contributed by atoms with E-state index in [1.807, 2.05) is 25.7 Å². The van der Waals surface area contributed by atoms with Crippen LogP contribution in [0.3, 0.4) is 0 Å². The Kier molecular flexibility index (Phi) is 4.13. The number of hydrogen-bond donors (Lipinski definition) is 0. The molecule has 19 heavy (non-hydrogen) atoms. The van der Waals surface area contributed by atoms with Crippen molar-refractivity contribution in [3.63, 3.8) is 0 Å². The minimum absolute atomic E-state index is 0.0217. The van der Waals surface area contributed by atoms with Crippen LogP contribution in [0.5, 0.6) is 0 Å². The van der Waals surface area contributed by atoms with E-state index >= 15 is 0 Å². The van der Waals surface area contributed by atoms with Crippen molar-refractivity contribution < 1.29 is 14.3 Å². The average molecular weight is 268 g/mol. The second kappa shape index (κ2) is 5.49. The molecule has 0 aromatic carbocycles. The predicted molar refractivity (Wildman–Crippen MR) is 71.6 cm³/mol. The van der Waals surface area contributed by atoms with Gasteiger partial charge in [0.2, 0.25) is 11.8 Å². The molecule has 1 saturated heterocycles. The molecule has 5 nitrogen and oxygen atoms in total. The molecule has 2 aliphatic rings. The topological polar surface area (TPSA) is 49.9 Å². The van der Waals surface area contributed by atoms with E-state index in [9.17, 15) is 9.59 Å². The van der Waals surface area contributed by atoms with Crippen molar-refractivity contribution in [3.05, 3.63) is 0 Å². The highest BCUT2D eigenvalue weighted by atomic mass is 16.5. The Morgan fingerprint density at radius 2 is 1.58 bits per heavy atom. The van der Waals surface area contributed by atoms with Crippen molar-refractivity contribution in [1.82, 2.24) is 9.80 Å². The van der Waals surface area contributed by atoms with Crippen LogP contribution in [0.2, 0.25) is 0 Å². The van der Waals surface area contributed by atoms with E-state index in [0.717, 1.165) is 12.8 Å². The van der Waals surface area contributed by atoms with Crippen molar-refractivity contribution in [1.29, 1.82) is 0 Å². The summed E-state index contributed by atoms with van der Waals surface area (Å²) in [6.07, 6.45) is 2.08. The largest absolute Gasteiger partial charge is 0.366 e. The Labute approximate surface area is 114 Å². The van der Waals surface area contributed by atoms with Gasteiger partial charge in [-0.25, -0.2) is 0 Å². The molecule has 1 saturated carbocycles. The summed E-state index contributed by atoms with van der Waals surface area (Å²) in [7, 11) is 0. The molecule has 2 amide bonds. The van der Waals surface area contributed by atoms with E-state index in [1.54, 1.807) is 4.90 Å². The number of amides is 2. The summed E-state index contributed by atoms with van der Waals surface area (Å²) >= 11 is 0. The molecule has 1 aliphatic heterocycles. The Balaban J connectivity index is 1.73. The molecule has 0 unspecified atom stereocenters. The molecule has 0 spiro atoms. The average Bonchev–Trinajstić information content (AvgIpc) is 3.18. The summed E-state index contributed by atoms with van der Waals surface area (Å²) in [4.78, 5) is 27.5. The van der Waals surface area contributed by atoms with Gasteiger partial charge in [-0.3, -0.25) is 9.59 Å². The van der Waals surface area contributed by atoms with Gasteiger partial charge in [-0.1, -0.05) is 0 Å². The van der Waals surface area contributed by atoms with Crippen LogP contribution in [-0.4, -0.2) is 60.0 Å². The lowest BCUT2D eigenvalue weighted by Gasteiger charge is -2.35. The molecular weight excluding hydrogens is 244 g/mol. The second-order valence-electron chi connectivity index (χ2n) is 6.38. The molecule has 0 N–H and O–H groups in total. The van der Waals surface area contributed by atoms with Crippen LogP contribution in [0, 0.1) is 5.92 Å². The first-order valence-electron chi connectivity index (χ1n) is 7.07. The van der Waals surface area contributed by atoms with Gasteiger partial charge in [0.25, 0.3) is 0 Å². The summed E-state index contributed by atoms with van der Waals surface area (Å²) in [6.45, 7) is 8.52. The number of nitrogens with zero attached hydrogens (tertiary/aromatic N) is 2. The molecule has 0 bridgehead atoms. The molecule has 2 fully saturated rings. The predicted octanol–water partition coefficient (Wildman–Crippen LogP) is 0.882. The second-order valence-corrected chi connectivity index (χ2v) is 6.38. The Hall–Kier alpha value is -1.10.